The standard InChI is InChI=1S/C14H15BrN4O3/c1-9(6-13(20)21)7-16-14(22)11-8-19(18-17-11)12-5-3-2-4-10(12)15/h2-5,8-9H,6-7H2,1H3,(H,16,22)(H,20,21)/t9-/m1/s1. The number of carboxylic acid groups (broad SMARTS) is 1. The number of aliphatic carboxylic acids is 1. The van der Waals surface area contributed by atoms with Gasteiger partial charge in [-0.3, -0.25) is 9.59 Å². The van der Waals surface area contributed by atoms with E-state index in [2.05, 4.69) is 31.6 Å². The van der Waals surface area contributed by atoms with Gasteiger partial charge in [0.05, 0.1) is 11.9 Å². The van der Waals surface area contributed by atoms with Gasteiger partial charge in [-0.1, -0.05) is 24.3 Å². The van der Waals surface area contributed by atoms with Gasteiger partial charge in [0.2, 0.25) is 0 Å². The zero-order chi connectivity index (χ0) is 16.1. The van der Waals surface area contributed by atoms with Gasteiger partial charge >= 0.3 is 5.97 Å². The SMILES string of the molecule is C[C@@H](CNC(=O)c1cn(-c2ccccc2Br)nn1)CC(=O)O. The Labute approximate surface area is 135 Å². The fraction of sp³-hybridized carbons (Fsp3) is 0.286. The molecule has 116 valence electrons. The molecule has 0 bridgehead atoms. The Bertz CT molecular complexity index is 686. The van der Waals surface area contributed by atoms with Crippen LogP contribution in [0.2, 0.25) is 0 Å². The highest BCUT2D eigenvalue weighted by molar-refractivity contribution is 9.10. The third kappa shape index (κ3) is 4.14. The van der Waals surface area contributed by atoms with Crippen LogP contribution in [0.1, 0.15) is 23.8 Å². The Hall–Kier alpha value is -2.22. The van der Waals surface area contributed by atoms with Gasteiger partial charge < -0.3 is 10.4 Å². The van der Waals surface area contributed by atoms with E-state index in [1.165, 1.54) is 10.9 Å². The van der Waals surface area contributed by atoms with Crippen LogP contribution in [0, 0.1) is 5.92 Å². The second-order valence-corrected chi connectivity index (χ2v) is 5.77. The van der Waals surface area contributed by atoms with Gasteiger partial charge in [-0.05, 0) is 34.0 Å². The number of hydrogen-bond donors (Lipinski definition) is 2. The number of carboxylic acids is 1. The number of hydrogen-bond acceptors (Lipinski definition) is 4. The zero-order valence-electron chi connectivity index (χ0n) is 11.9. The summed E-state index contributed by atoms with van der Waals surface area (Å²) in [6.45, 7) is 2.03. The highest BCUT2D eigenvalue weighted by atomic mass is 79.9. The minimum atomic E-state index is -0.887. The fourth-order valence-corrected chi connectivity index (χ4v) is 2.32. The molecule has 0 radical (unpaired) electrons. The summed E-state index contributed by atoms with van der Waals surface area (Å²) in [5, 5.41) is 19.1. The number of rotatable bonds is 6. The molecule has 0 saturated heterocycles. The number of nitrogens with one attached hydrogen (secondary N) is 1. The van der Waals surface area contributed by atoms with Crippen molar-refractivity contribution in [3.63, 3.8) is 0 Å². The Balaban J connectivity index is 2.01. The van der Waals surface area contributed by atoms with Gasteiger partial charge in [-0.2, -0.15) is 0 Å². The highest BCUT2D eigenvalue weighted by Gasteiger charge is 2.14. The van der Waals surface area contributed by atoms with Gasteiger partial charge in [0.15, 0.2) is 5.69 Å². The number of benzene rings is 1. The summed E-state index contributed by atoms with van der Waals surface area (Å²) in [5.74, 6) is -1.42. The molecule has 2 aromatic rings. The third-order valence-electron chi connectivity index (χ3n) is 2.96. The van der Waals surface area contributed by atoms with E-state index in [1.54, 1.807) is 6.92 Å². The molecule has 7 nitrogen and oxygen atoms in total. The Kier molecular flexibility index (Phi) is 5.26. The van der Waals surface area contributed by atoms with Crippen molar-refractivity contribution in [2.24, 2.45) is 5.92 Å². The number of amides is 1. The number of aromatic nitrogens is 3. The Morgan fingerprint density at radius 1 is 1.41 bits per heavy atom. The van der Waals surface area contributed by atoms with E-state index in [4.69, 9.17) is 5.11 Å². The summed E-state index contributed by atoms with van der Waals surface area (Å²) in [4.78, 5) is 22.6. The van der Waals surface area contributed by atoms with E-state index >= 15 is 0 Å². The van der Waals surface area contributed by atoms with Crippen LogP contribution in [-0.4, -0.2) is 38.5 Å². The van der Waals surface area contributed by atoms with Gasteiger partial charge in [0.25, 0.3) is 5.91 Å². The maximum Gasteiger partial charge on any atom is 0.303 e. The predicted molar refractivity (Wildman–Crippen MR) is 82.8 cm³/mol. The van der Waals surface area contributed by atoms with Crippen molar-refractivity contribution in [3.8, 4) is 5.69 Å². The molecule has 2 N–H and O–H groups in total. The van der Waals surface area contributed by atoms with Crippen LogP contribution in [0.4, 0.5) is 0 Å². The highest BCUT2D eigenvalue weighted by Crippen LogP contribution is 2.19. The predicted octanol–water partition coefficient (Wildman–Crippen LogP) is 1.87. The number of carbonyl (C=O) groups is 2. The van der Waals surface area contributed by atoms with Crippen molar-refractivity contribution >= 4 is 27.8 Å². The van der Waals surface area contributed by atoms with Gasteiger partial charge in [-0.25, -0.2) is 4.68 Å². The lowest BCUT2D eigenvalue weighted by Crippen LogP contribution is -2.29. The molecule has 0 saturated carbocycles. The van der Waals surface area contributed by atoms with Gasteiger partial charge in [0.1, 0.15) is 0 Å². The summed E-state index contributed by atoms with van der Waals surface area (Å²) in [5.41, 5.74) is 0.951. The molecule has 0 unspecified atom stereocenters. The average Bonchev–Trinajstić information content (AvgIpc) is 2.94. The van der Waals surface area contributed by atoms with E-state index in [0.717, 1.165) is 10.2 Å². The maximum absolute atomic E-state index is 12.0. The number of carbonyl (C=O) groups excluding carboxylic acids is 1. The molecule has 0 aliphatic heterocycles. The van der Waals surface area contributed by atoms with E-state index in [9.17, 15) is 9.59 Å². The van der Waals surface area contributed by atoms with E-state index in [0.29, 0.717) is 0 Å². The summed E-state index contributed by atoms with van der Waals surface area (Å²) in [6.07, 6.45) is 1.53. The molecule has 22 heavy (non-hydrogen) atoms. The van der Waals surface area contributed by atoms with Crippen molar-refractivity contribution in [2.75, 3.05) is 6.54 Å². The maximum atomic E-state index is 12.0. The first-order valence-corrected chi connectivity index (χ1v) is 7.44. The van der Waals surface area contributed by atoms with Gasteiger partial charge in [0, 0.05) is 17.4 Å². The average molecular weight is 367 g/mol. The quantitative estimate of drug-likeness (QED) is 0.813. The first-order valence-electron chi connectivity index (χ1n) is 6.64. The summed E-state index contributed by atoms with van der Waals surface area (Å²) < 4.78 is 2.33. The number of halogens is 1. The molecule has 1 amide bonds. The van der Waals surface area contributed by atoms with Crippen LogP contribution in [0.3, 0.4) is 0 Å². The lowest BCUT2D eigenvalue weighted by molar-refractivity contribution is -0.137. The number of para-hydroxylation sites is 1. The minimum Gasteiger partial charge on any atom is -0.481 e. The van der Waals surface area contributed by atoms with Crippen LogP contribution in [0.25, 0.3) is 5.69 Å². The lowest BCUT2D eigenvalue weighted by Gasteiger charge is -2.08. The molecule has 0 fully saturated rings. The number of nitrogens with zero attached hydrogens (tertiary/aromatic N) is 3. The fourth-order valence-electron chi connectivity index (χ4n) is 1.85. The normalized spacial score (nSPS) is 11.9. The van der Waals surface area contributed by atoms with Gasteiger partial charge in [-0.15, -0.1) is 5.10 Å². The van der Waals surface area contributed by atoms with Crippen LogP contribution < -0.4 is 5.32 Å². The topological polar surface area (TPSA) is 97.1 Å². The van der Waals surface area contributed by atoms with E-state index in [-0.39, 0.29) is 30.5 Å². The summed E-state index contributed by atoms with van der Waals surface area (Å²) >= 11 is 3.41. The molecule has 8 heteroatoms. The first-order chi connectivity index (χ1) is 10.5. The molecular formula is C14H15BrN4O3. The zero-order valence-corrected chi connectivity index (χ0v) is 13.4. The second kappa shape index (κ2) is 7.17. The molecule has 0 aliphatic rings. The van der Waals surface area contributed by atoms with Crippen LogP contribution >= 0.6 is 15.9 Å². The van der Waals surface area contributed by atoms with Crippen molar-refractivity contribution in [3.05, 3.63) is 40.6 Å². The largest absolute Gasteiger partial charge is 0.481 e. The Morgan fingerprint density at radius 2 is 2.14 bits per heavy atom. The molecule has 1 atom stereocenters. The molecule has 0 aliphatic carbocycles. The van der Waals surface area contributed by atoms with Crippen LogP contribution in [-0.2, 0) is 4.79 Å². The van der Waals surface area contributed by atoms with Crippen molar-refractivity contribution in [1.29, 1.82) is 0 Å². The molecule has 1 aromatic carbocycles. The van der Waals surface area contributed by atoms with Crippen molar-refractivity contribution < 1.29 is 14.7 Å². The third-order valence-corrected chi connectivity index (χ3v) is 3.63. The van der Waals surface area contributed by atoms with Crippen LogP contribution in [0.5, 0.6) is 0 Å². The minimum absolute atomic E-state index is 0.00390. The van der Waals surface area contributed by atoms with E-state index < -0.39 is 5.97 Å². The molecule has 1 heterocycles. The van der Waals surface area contributed by atoms with Crippen molar-refractivity contribution in [2.45, 2.75) is 13.3 Å². The summed E-state index contributed by atoms with van der Waals surface area (Å²) in [6, 6.07) is 7.44. The lowest BCUT2D eigenvalue weighted by atomic mass is 10.1. The van der Waals surface area contributed by atoms with Crippen molar-refractivity contribution in [1.82, 2.24) is 20.3 Å². The molecular weight excluding hydrogens is 352 g/mol. The van der Waals surface area contributed by atoms with Crippen LogP contribution in [0.15, 0.2) is 34.9 Å². The monoisotopic (exact) mass is 366 g/mol. The smallest absolute Gasteiger partial charge is 0.303 e. The summed E-state index contributed by atoms with van der Waals surface area (Å²) in [7, 11) is 0. The molecule has 1 aromatic heterocycles. The molecule has 0 spiro atoms. The Morgan fingerprint density at radius 3 is 2.82 bits per heavy atom. The van der Waals surface area contributed by atoms with E-state index in [1.807, 2.05) is 24.3 Å². The second-order valence-electron chi connectivity index (χ2n) is 4.91. The molecule has 2 rings (SSSR count). The first kappa shape index (κ1) is 16.2.